The van der Waals surface area contributed by atoms with E-state index in [0.29, 0.717) is 12.1 Å². The number of nitrogens with one attached hydrogen (secondary N) is 1. The second-order valence-corrected chi connectivity index (χ2v) is 6.03. The summed E-state index contributed by atoms with van der Waals surface area (Å²) in [4.78, 5) is 11.9. The van der Waals surface area contributed by atoms with Gasteiger partial charge in [0.25, 0.3) is 0 Å². The Labute approximate surface area is 122 Å². The third-order valence-corrected chi connectivity index (χ3v) is 4.33. The SMILES string of the molecule is NC1CCC(OCCCNC(=O)C2CC=CCC2)CC1. The number of allylic oxidation sites excluding steroid dienone is 2. The summed E-state index contributed by atoms with van der Waals surface area (Å²) in [5.41, 5.74) is 5.87. The first-order chi connectivity index (χ1) is 9.75. The van der Waals surface area contributed by atoms with Gasteiger partial charge in [-0.2, -0.15) is 0 Å². The van der Waals surface area contributed by atoms with Crippen LogP contribution in [-0.4, -0.2) is 31.2 Å². The Bertz CT molecular complexity index is 322. The normalized spacial score (nSPS) is 30.1. The molecule has 0 aromatic heterocycles. The number of hydrogen-bond acceptors (Lipinski definition) is 3. The topological polar surface area (TPSA) is 64.3 Å². The lowest BCUT2D eigenvalue weighted by Crippen LogP contribution is -2.33. The van der Waals surface area contributed by atoms with Crippen LogP contribution in [0.25, 0.3) is 0 Å². The zero-order valence-electron chi connectivity index (χ0n) is 12.4. The van der Waals surface area contributed by atoms with E-state index in [0.717, 1.165) is 64.5 Å². The van der Waals surface area contributed by atoms with Crippen LogP contribution in [0.15, 0.2) is 12.2 Å². The van der Waals surface area contributed by atoms with Gasteiger partial charge in [0.05, 0.1) is 6.10 Å². The molecule has 0 aliphatic heterocycles. The second-order valence-electron chi connectivity index (χ2n) is 6.03. The molecule has 0 heterocycles. The standard InChI is InChI=1S/C16H28N2O2/c17-14-7-9-15(10-8-14)20-12-4-11-18-16(19)13-5-2-1-3-6-13/h1-2,13-15H,3-12,17H2,(H,18,19). The minimum absolute atomic E-state index is 0.181. The summed E-state index contributed by atoms with van der Waals surface area (Å²) in [7, 11) is 0. The highest BCUT2D eigenvalue weighted by molar-refractivity contribution is 5.78. The van der Waals surface area contributed by atoms with Gasteiger partial charge < -0.3 is 15.8 Å². The van der Waals surface area contributed by atoms with Gasteiger partial charge in [0, 0.05) is 25.1 Å². The van der Waals surface area contributed by atoms with Crippen LogP contribution in [0, 0.1) is 5.92 Å². The van der Waals surface area contributed by atoms with E-state index in [4.69, 9.17) is 10.5 Å². The van der Waals surface area contributed by atoms with Crippen molar-refractivity contribution in [3.05, 3.63) is 12.2 Å². The maximum atomic E-state index is 11.9. The van der Waals surface area contributed by atoms with Crippen LogP contribution in [-0.2, 0) is 9.53 Å². The number of nitrogens with two attached hydrogens (primary N) is 1. The van der Waals surface area contributed by atoms with Gasteiger partial charge in [-0.15, -0.1) is 0 Å². The first-order valence-corrected chi connectivity index (χ1v) is 8.05. The molecule has 0 aromatic carbocycles. The number of rotatable bonds is 6. The Morgan fingerprint density at radius 2 is 2.00 bits per heavy atom. The summed E-state index contributed by atoms with van der Waals surface area (Å²) < 4.78 is 5.84. The molecule has 2 aliphatic carbocycles. The zero-order chi connectivity index (χ0) is 14.2. The van der Waals surface area contributed by atoms with E-state index in [-0.39, 0.29) is 11.8 Å². The van der Waals surface area contributed by atoms with E-state index in [1.807, 2.05) is 0 Å². The minimum Gasteiger partial charge on any atom is -0.378 e. The summed E-state index contributed by atoms with van der Waals surface area (Å²) in [6, 6.07) is 0.374. The van der Waals surface area contributed by atoms with Crippen molar-refractivity contribution in [2.75, 3.05) is 13.2 Å². The maximum Gasteiger partial charge on any atom is 0.223 e. The summed E-state index contributed by atoms with van der Waals surface area (Å²) in [5, 5.41) is 3.02. The Morgan fingerprint density at radius 1 is 1.20 bits per heavy atom. The van der Waals surface area contributed by atoms with E-state index in [2.05, 4.69) is 17.5 Å². The molecule has 1 amide bonds. The van der Waals surface area contributed by atoms with Crippen LogP contribution >= 0.6 is 0 Å². The van der Waals surface area contributed by atoms with Crippen molar-refractivity contribution < 1.29 is 9.53 Å². The van der Waals surface area contributed by atoms with Crippen molar-refractivity contribution in [1.82, 2.24) is 5.32 Å². The van der Waals surface area contributed by atoms with Crippen LogP contribution in [0.3, 0.4) is 0 Å². The van der Waals surface area contributed by atoms with Crippen LogP contribution < -0.4 is 11.1 Å². The molecule has 1 fully saturated rings. The molecule has 1 unspecified atom stereocenters. The highest BCUT2D eigenvalue weighted by Crippen LogP contribution is 2.20. The lowest BCUT2D eigenvalue weighted by Gasteiger charge is -2.26. The number of hydrogen-bond donors (Lipinski definition) is 2. The van der Waals surface area contributed by atoms with Crippen molar-refractivity contribution in [2.24, 2.45) is 11.7 Å². The summed E-state index contributed by atoms with van der Waals surface area (Å²) in [6.45, 7) is 1.47. The van der Waals surface area contributed by atoms with Crippen molar-refractivity contribution in [3.63, 3.8) is 0 Å². The molecule has 0 bridgehead atoms. The predicted octanol–water partition coefficient (Wildman–Crippen LogP) is 2.14. The smallest absolute Gasteiger partial charge is 0.223 e. The molecule has 1 saturated carbocycles. The molecule has 1 atom stereocenters. The molecule has 0 radical (unpaired) electrons. The summed E-state index contributed by atoms with van der Waals surface area (Å²) in [6.07, 6.45) is 12.8. The lowest BCUT2D eigenvalue weighted by molar-refractivity contribution is -0.125. The number of carbonyl (C=O) groups excluding carboxylic acids is 1. The third kappa shape index (κ3) is 5.25. The molecule has 4 nitrogen and oxygen atoms in total. The van der Waals surface area contributed by atoms with E-state index in [9.17, 15) is 4.79 Å². The van der Waals surface area contributed by atoms with Crippen LogP contribution in [0.5, 0.6) is 0 Å². The molecule has 2 rings (SSSR count). The Balaban J connectivity index is 1.49. The van der Waals surface area contributed by atoms with Crippen LogP contribution in [0.4, 0.5) is 0 Å². The monoisotopic (exact) mass is 280 g/mol. The molecule has 4 heteroatoms. The highest BCUT2D eigenvalue weighted by atomic mass is 16.5. The Kier molecular flexibility index (Phi) is 6.54. The van der Waals surface area contributed by atoms with Gasteiger partial charge in [0.15, 0.2) is 0 Å². The fourth-order valence-electron chi connectivity index (χ4n) is 2.97. The van der Waals surface area contributed by atoms with E-state index >= 15 is 0 Å². The first kappa shape index (κ1) is 15.5. The Hall–Kier alpha value is -0.870. The number of ether oxygens (including phenoxy) is 1. The average molecular weight is 280 g/mol. The van der Waals surface area contributed by atoms with Crippen molar-refractivity contribution in [3.8, 4) is 0 Å². The van der Waals surface area contributed by atoms with Gasteiger partial charge in [-0.25, -0.2) is 0 Å². The van der Waals surface area contributed by atoms with Crippen molar-refractivity contribution in [1.29, 1.82) is 0 Å². The molecule has 114 valence electrons. The highest BCUT2D eigenvalue weighted by Gasteiger charge is 2.19. The fraction of sp³-hybridized carbons (Fsp3) is 0.812. The molecular weight excluding hydrogens is 252 g/mol. The predicted molar refractivity (Wildman–Crippen MR) is 80.3 cm³/mol. The minimum atomic E-state index is 0.181. The lowest BCUT2D eigenvalue weighted by atomic mass is 9.93. The number of carbonyl (C=O) groups is 1. The molecular formula is C16H28N2O2. The first-order valence-electron chi connectivity index (χ1n) is 8.05. The second kappa shape index (κ2) is 8.42. The van der Waals surface area contributed by atoms with Crippen LogP contribution in [0.2, 0.25) is 0 Å². The number of amides is 1. The third-order valence-electron chi connectivity index (χ3n) is 4.33. The van der Waals surface area contributed by atoms with Gasteiger partial charge in [0.2, 0.25) is 5.91 Å². The maximum absolute atomic E-state index is 11.9. The molecule has 2 aliphatic rings. The zero-order valence-corrected chi connectivity index (χ0v) is 12.4. The van der Waals surface area contributed by atoms with Gasteiger partial charge >= 0.3 is 0 Å². The van der Waals surface area contributed by atoms with Gasteiger partial charge in [-0.3, -0.25) is 4.79 Å². The molecule has 20 heavy (non-hydrogen) atoms. The quantitative estimate of drug-likeness (QED) is 0.579. The Morgan fingerprint density at radius 3 is 2.70 bits per heavy atom. The largest absolute Gasteiger partial charge is 0.378 e. The van der Waals surface area contributed by atoms with Gasteiger partial charge in [0.1, 0.15) is 0 Å². The van der Waals surface area contributed by atoms with Crippen molar-refractivity contribution in [2.45, 2.75) is 63.5 Å². The summed E-state index contributed by atoms with van der Waals surface area (Å²) >= 11 is 0. The molecule has 0 spiro atoms. The molecule has 3 N–H and O–H groups in total. The van der Waals surface area contributed by atoms with Crippen molar-refractivity contribution >= 4 is 5.91 Å². The van der Waals surface area contributed by atoms with E-state index in [1.54, 1.807) is 0 Å². The fourth-order valence-corrected chi connectivity index (χ4v) is 2.97. The van der Waals surface area contributed by atoms with E-state index < -0.39 is 0 Å². The van der Waals surface area contributed by atoms with Crippen LogP contribution in [0.1, 0.15) is 51.4 Å². The molecule has 0 saturated heterocycles. The van der Waals surface area contributed by atoms with Gasteiger partial charge in [-0.1, -0.05) is 12.2 Å². The van der Waals surface area contributed by atoms with Gasteiger partial charge in [-0.05, 0) is 51.4 Å². The van der Waals surface area contributed by atoms with E-state index in [1.165, 1.54) is 0 Å². The molecule has 0 aromatic rings. The summed E-state index contributed by atoms with van der Waals surface area (Å²) in [5.74, 6) is 0.388. The average Bonchev–Trinajstić information content (AvgIpc) is 2.49.